The highest BCUT2D eigenvalue weighted by Crippen LogP contribution is 2.57. The van der Waals surface area contributed by atoms with Gasteiger partial charge in [0.25, 0.3) is 0 Å². The number of aromatic hydroxyl groups is 3. The molecule has 17 heteroatoms. The summed E-state index contributed by atoms with van der Waals surface area (Å²) in [4.78, 5) is 43.2. The van der Waals surface area contributed by atoms with Gasteiger partial charge in [-0.15, -0.1) is 0 Å². The first kappa shape index (κ1) is 43.3. The first-order valence-electron chi connectivity index (χ1n) is 20.2. The zero-order valence-corrected chi connectivity index (χ0v) is 34.2. The minimum atomic E-state index is -1.92. The van der Waals surface area contributed by atoms with Crippen molar-refractivity contribution in [1.29, 1.82) is 0 Å². The molecular formula is C42H55NO16. The number of esters is 1. The number of ketones is 2. The summed E-state index contributed by atoms with van der Waals surface area (Å²) < 4.78 is 42.6. The lowest BCUT2D eigenvalue weighted by Gasteiger charge is -2.48. The highest BCUT2D eigenvalue weighted by molar-refractivity contribution is 6.31. The number of methoxy groups -OCH3 is 1. The minimum Gasteiger partial charge on any atom is -0.507 e. The topological polar surface area (TPSA) is 240 Å². The molecule has 14 atom stereocenters. The van der Waals surface area contributed by atoms with Gasteiger partial charge >= 0.3 is 5.97 Å². The second kappa shape index (κ2) is 16.6. The summed E-state index contributed by atoms with van der Waals surface area (Å²) in [6, 6.07) is 3.50. The van der Waals surface area contributed by atoms with E-state index in [0.717, 1.165) is 7.11 Å². The lowest BCUT2D eigenvalue weighted by Crippen LogP contribution is -2.58. The number of ether oxygens (including phenoxy) is 7. The molecule has 0 radical (unpaired) electrons. The number of nitrogens with zero attached hydrogens (tertiary/aromatic N) is 1. The van der Waals surface area contributed by atoms with Gasteiger partial charge in [-0.2, -0.15) is 0 Å². The average Bonchev–Trinajstić information content (AvgIpc) is 3.18. The monoisotopic (exact) mass is 829 g/mol. The van der Waals surface area contributed by atoms with E-state index >= 15 is 0 Å². The fraction of sp³-hybridized carbons (Fsp3) is 0.643. The molecule has 0 aromatic heterocycles. The number of phenols is 3. The van der Waals surface area contributed by atoms with E-state index < -0.39 is 125 Å². The van der Waals surface area contributed by atoms with Crippen molar-refractivity contribution in [2.75, 3.05) is 21.2 Å². The van der Waals surface area contributed by atoms with Gasteiger partial charge in [0, 0.05) is 48.4 Å². The summed E-state index contributed by atoms with van der Waals surface area (Å²) in [6.45, 7) is 6.95. The van der Waals surface area contributed by atoms with Crippen LogP contribution in [0, 0.1) is 0 Å². The van der Waals surface area contributed by atoms with Crippen molar-refractivity contribution >= 4 is 17.5 Å². The van der Waals surface area contributed by atoms with Crippen LogP contribution in [-0.2, 0) is 38.0 Å². The molecule has 0 bridgehead atoms. The predicted octanol–water partition coefficient (Wildman–Crippen LogP) is 2.66. The molecular weight excluding hydrogens is 774 g/mol. The Balaban J connectivity index is 1.15. The number of carbonyl (C=O) groups excluding carboxylic acids is 3. The van der Waals surface area contributed by atoms with Crippen LogP contribution in [0.4, 0.5) is 0 Å². The minimum absolute atomic E-state index is 0.0431. The summed E-state index contributed by atoms with van der Waals surface area (Å²) in [6.07, 6.45) is -7.33. The van der Waals surface area contributed by atoms with E-state index in [2.05, 4.69) is 0 Å². The molecule has 7 rings (SSSR count). The van der Waals surface area contributed by atoms with Gasteiger partial charge in [0.05, 0.1) is 66.0 Å². The molecule has 2 aromatic rings. The molecule has 2 aliphatic carbocycles. The lowest BCUT2D eigenvalue weighted by atomic mass is 9.66. The molecule has 5 aliphatic rings. The Kier molecular flexibility index (Phi) is 12.2. The zero-order chi connectivity index (χ0) is 42.8. The maximum Gasteiger partial charge on any atom is 0.316 e. The van der Waals surface area contributed by atoms with Gasteiger partial charge in [0.1, 0.15) is 35.4 Å². The molecule has 0 saturated carbocycles. The third kappa shape index (κ3) is 7.64. The number of likely N-dealkylation sites (N-methyl/N-ethyl adjacent to an activating group) is 1. The molecule has 14 unspecified atom stereocenters. The van der Waals surface area contributed by atoms with Gasteiger partial charge in [-0.1, -0.05) is 19.1 Å². The number of aliphatic hydroxyl groups excluding tert-OH is 2. The van der Waals surface area contributed by atoms with Crippen molar-refractivity contribution in [3.63, 3.8) is 0 Å². The number of fused-ring (bicyclic) bond motifs is 3. The number of rotatable bonds is 9. The van der Waals surface area contributed by atoms with Crippen LogP contribution in [0.5, 0.6) is 17.2 Å². The van der Waals surface area contributed by atoms with Gasteiger partial charge in [0.15, 0.2) is 24.7 Å². The fourth-order valence-electron chi connectivity index (χ4n) is 9.47. The van der Waals surface area contributed by atoms with Crippen LogP contribution in [0.25, 0.3) is 0 Å². The van der Waals surface area contributed by atoms with Gasteiger partial charge in [-0.25, -0.2) is 0 Å². The van der Waals surface area contributed by atoms with Crippen LogP contribution in [0.15, 0.2) is 18.2 Å². The van der Waals surface area contributed by atoms with E-state index in [4.69, 9.17) is 33.2 Å². The smallest absolute Gasteiger partial charge is 0.316 e. The molecule has 3 heterocycles. The van der Waals surface area contributed by atoms with Gasteiger partial charge in [-0.3, -0.25) is 14.4 Å². The van der Waals surface area contributed by atoms with Crippen LogP contribution in [0.1, 0.15) is 121 Å². The lowest BCUT2D eigenvalue weighted by molar-refractivity contribution is -0.328. The molecule has 3 saturated heterocycles. The molecule has 6 N–H and O–H groups in total. The second-order valence-corrected chi connectivity index (χ2v) is 16.6. The molecule has 17 nitrogen and oxygen atoms in total. The second-order valence-electron chi connectivity index (χ2n) is 16.6. The van der Waals surface area contributed by atoms with Crippen molar-refractivity contribution in [2.45, 2.75) is 151 Å². The van der Waals surface area contributed by atoms with Crippen LogP contribution in [0.3, 0.4) is 0 Å². The highest BCUT2D eigenvalue weighted by Gasteiger charge is 2.55. The largest absolute Gasteiger partial charge is 0.507 e. The first-order chi connectivity index (χ1) is 27.9. The molecule has 2 aromatic carbocycles. The SMILES string of the molecule is CCC1(O)CC(OC2CC(N(C)C)C(OC3CC(O)C(OC4CCC(O)C(C)O4)C(C)O3)C(C)O2)c2c(O)c3c(c(O)c2C1C(=O)OC)C(=O)c1cccc(O)c1C3=O. The Bertz CT molecular complexity index is 1940. The van der Waals surface area contributed by atoms with Crippen molar-refractivity contribution in [2.24, 2.45) is 0 Å². The molecule has 3 aliphatic heterocycles. The molecule has 59 heavy (non-hydrogen) atoms. The first-order valence-corrected chi connectivity index (χ1v) is 20.2. The zero-order valence-electron chi connectivity index (χ0n) is 34.2. The number of hydrogen-bond donors (Lipinski definition) is 6. The van der Waals surface area contributed by atoms with Gasteiger partial charge in [0.2, 0.25) is 5.78 Å². The number of benzene rings is 2. The molecule has 324 valence electrons. The Morgan fingerprint density at radius 2 is 1.41 bits per heavy atom. The van der Waals surface area contributed by atoms with Crippen LogP contribution < -0.4 is 0 Å². The average molecular weight is 830 g/mol. The van der Waals surface area contributed by atoms with E-state index in [-0.39, 0.29) is 54.0 Å². The van der Waals surface area contributed by atoms with Gasteiger partial charge < -0.3 is 68.7 Å². The van der Waals surface area contributed by atoms with Crippen molar-refractivity contribution in [3.05, 3.63) is 51.6 Å². The summed E-state index contributed by atoms with van der Waals surface area (Å²) in [5, 5.41) is 67.9. The van der Waals surface area contributed by atoms with E-state index in [1.54, 1.807) is 27.7 Å². The van der Waals surface area contributed by atoms with Crippen molar-refractivity contribution < 1.29 is 78.2 Å². The normalized spacial score (nSPS) is 37.1. The Morgan fingerprint density at radius 1 is 0.797 bits per heavy atom. The van der Waals surface area contributed by atoms with E-state index in [9.17, 15) is 45.0 Å². The third-order valence-electron chi connectivity index (χ3n) is 12.7. The van der Waals surface area contributed by atoms with Crippen LogP contribution in [-0.4, -0.2) is 148 Å². The summed E-state index contributed by atoms with van der Waals surface area (Å²) >= 11 is 0. The summed E-state index contributed by atoms with van der Waals surface area (Å²) in [5.74, 6) is -6.41. The van der Waals surface area contributed by atoms with E-state index in [0.29, 0.717) is 12.8 Å². The number of hydrogen-bond acceptors (Lipinski definition) is 17. The Labute approximate surface area is 341 Å². The van der Waals surface area contributed by atoms with Gasteiger partial charge in [-0.05, 0) is 53.8 Å². The highest BCUT2D eigenvalue weighted by atomic mass is 16.7. The summed E-state index contributed by atoms with van der Waals surface area (Å²) in [7, 11) is 4.80. The molecule has 3 fully saturated rings. The van der Waals surface area contributed by atoms with Crippen molar-refractivity contribution in [1.82, 2.24) is 4.90 Å². The maximum atomic E-state index is 14.0. The van der Waals surface area contributed by atoms with E-state index in [1.807, 2.05) is 19.0 Å². The fourth-order valence-corrected chi connectivity index (χ4v) is 9.47. The quantitative estimate of drug-likeness (QED) is 0.134. The number of carbonyl (C=O) groups is 3. The van der Waals surface area contributed by atoms with Crippen LogP contribution >= 0.6 is 0 Å². The predicted molar refractivity (Wildman–Crippen MR) is 204 cm³/mol. The van der Waals surface area contributed by atoms with Crippen LogP contribution in [0.2, 0.25) is 0 Å². The summed E-state index contributed by atoms with van der Waals surface area (Å²) in [5.41, 5.74) is -4.16. The maximum absolute atomic E-state index is 14.0. The number of aliphatic hydroxyl groups is 3. The third-order valence-corrected chi connectivity index (χ3v) is 12.7. The Hall–Kier alpha value is -3.75. The Morgan fingerprint density at radius 3 is 2.03 bits per heavy atom. The molecule has 0 spiro atoms. The number of phenolic OH excluding ortho intramolecular Hbond substituents is 3. The van der Waals surface area contributed by atoms with E-state index in [1.165, 1.54) is 18.2 Å². The van der Waals surface area contributed by atoms with Crippen molar-refractivity contribution in [3.8, 4) is 17.2 Å². The standard InChI is InChI=1S/C42H55NO16/c1-8-42(52)16-25(30-31(34(42)41(51)53-7)38(50)32-33(37(30)49)36(48)29-20(35(32)47)10-9-11-23(29)45)57-27-14-21(43(5)6)39(18(3)55-27)59-28-15-24(46)40(19(4)56-28)58-26-13-12-22(44)17(2)54-26/h9-11,17-19,21-22,24-28,34,39-40,44-46,49-50,52H,8,12-16H2,1-7H3. The molecule has 0 amide bonds.